The maximum Gasteiger partial charge on any atom is 0.0245 e. The van der Waals surface area contributed by atoms with Crippen LogP contribution in [0.5, 0.6) is 0 Å². The highest BCUT2D eigenvalue weighted by Gasteiger charge is 2.11. The Kier molecular flexibility index (Phi) is 5.82. The first-order valence-corrected chi connectivity index (χ1v) is 13.6. The minimum Gasteiger partial charge on any atom is -0.101 e. The van der Waals surface area contributed by atoms with Gasteiger partial charge in [-0.3, -0.25) is 0 Å². The molecule has 0 radical (unpaired) electrons. The molecular weight excluding hydrogens is 480 g/mol. The average molecular weight is 507 g/mol. The molecule has 7 aromatic rings. The second-order valence-corrected chi connectivity index (χ2v) is 10.2. The Labute approximate surface area is 234 Å². The van der Waals surface area contributed by atoms with Crippen LogP contribution in [0.3, 0.4) is 0 Å². The zero-order valence-electron chi connectivity index (χ0n) is 22.5. The molecule has 0 atom stereocenters. The molecule has 0 heteroatoms. The molecule has 186 valence electrons. The van der Waals surface area contributed by atoms with Gasteiger partial charge >= 0.3 is 0 Å². The van der Waals surface area contributed by atoms with Gasteiger partial charge in [-0.1, -0.05) is 96.8 Å². The third-order valence-corrected chi connectivity index (χ3v) is 7.77. The Morgan fingerprint density at radius 2 is 0.700 bits per heavy atom. The fourth-order valence-corrected chi connectivity index (χ4v) is 5.85. The van der Waals surface area contributed by atoms with E-state index in [0.29, 0.717) is 0 Å². The first-order chi connectivity index (χ1) is 19.7. The molecule has 0 N–H and O–H groups in total. The van der Waals surface area contributed by atoms with E-state index in [9.17, 15) is 0 Å². The van der Waals surface area contributed by atoms with E-state index in [1.807, 2.05) is 13.8 Å². The predicted molar refractivity (Wildman–Crippen MR) is 172 cm³/mol. The lowest BCUT2D eigenvalue weighted by molar-refractivity contribution is 1.61. The van der Waals surface area contributed by atoms with Gasteiger partial charge in [0.25, 0.3) is 0 Å². The Morgan fingerprint density at radius 1 is 0.350 bits per heavy atom. The molecule has 0 bridgehead atoms. The van der Waals surface area contributed by atoms with E-state index in [0.717, 1.165) is 11.1 Å². The van der Waals surface area contributed by atoms with Crippen molar-refractivity contribution in [1.82, 2.24) is 0 Å². The van der Waals surface area contributed by atoms with Crippen LogP contribution < -0.4 is 0 Å². The van der Waals surface area contributed by atoms with Gasteiger partial charge in [0, 0.05) is 11.1 Å². The molecule has 0 unspecified atom stereocenters. The topological polar surface area (TPSA) is 0 Å². The van der Waals surface area contributed by atoms with Crippen LogP contribution in [-0.4, -0.2) is 0 Å². The van der Waals surface area contributed by atoms with E-state index in [4.69, 9.17) is 0 Å². The van der Waals surface area contributed by atoms with Crippen LogP contribution in [0.1, 0.15) is 25.0 Å². The fraction of sp³-hybridized carbons (Fsp3) is 0.0500. The van der Waals surface area contributed by atoms with Crippen LogP contribution in [0.2, 0.25) is 0 Å². The molecule has 0 aliphatic heterocycles. The quantitative estimate of drug-likeness (QED) is 0.162. The maximum absolute atomic E-state index is 3.13. The van der Waals surface area contributed by atoms with Crippen LogP contribution in [0.15, 0.2) is 121 Å². The third-order valence-electron chi connectivity index (χ3n) is 7.77. The van der Waals surface area contributed by atoms with E-state index >= 15 is 0 Å². The van der Waals surface area contributed by atoms with Crippen molar-refractivity contribution in [2.24, 2.45) is 0 Å². The van der Waals surface area contributed by atoms with Crippen molar-refractivity contribution in [1.29, 1.82) is 0 Å². The molecule has 0 saturated heterocycles. The van der Waals surface area contributed by atoms with Gasteiger partial charge < -0.3 is 0 Å². The van der Waals surface area contributed by atoms with Crippen molar-refractivity contribution < 1.29 is 0 Å². The number of hydrogen-bond acceptors (Lipinski definition) is 0. The van der Waals surface area contributed by atoms with Crippen molar-refractivity contribution in [3.05, 3.63) is 132 Å². The molecule has 0 aliphatic rings. The van der Waals surface area contributed by atoms with Gasteiger partial charge in [-0.05, 0) is 116 Å². The van der Waals surface area contributed by atoms with Gasteiger partial charge in [0.1, 0.15) is 0 Å². The Bertz CT molecular complexity index is 2040. The van der Waals surface area contributed by atoms with Gasteiger partial charge in [0.2, 0.25) is 0 Å². The van der Waals surface area contributed by atoms with E-state index in [-0.39, 0.29) is 0 Å². The Balaban J connectivity index is 1.40. The van der Waals surface area contributed by atoms with Crippen molar-refractivity contribution in [3.63, 3.8) is 0 Å². The summed E-state index contributed by atoms with van der Waals surface area (Å²) >= 11 is 0. The second kappa shape index (κ2) is 9.78. The molecule has 0 aliphatic carbocycles. The summed E-state index contributed by atoms with van der Waals surface area (Å²) in [5.41, 5.74) is 6.93. The van der Waals surface area contributed by atoms with E-state index < -0.39 is 0 Å². The first-order valence-electron chi connectivity index (χ1n) is 13.6. The number of benzene rings is 7. The molecule has 0 spiro atoms. The number of rotatable bonds is 2. The van der Waals surface area contributed by atoms with Crippen molar-refractivity contribution in [2.75, 3.05) is 0 Å². The number of hydrogen-bond donors (Lipinski definition) is 0. The molecule has 0 aromatic heterocycles. The largest absolute Gasteiger partial charge is 0.101 e. The summed E-state index contributed by atoms with van der Waals surface area (Å²) in [7, 11) is 0. The van der Waals surface area contributed by atoms with Crippen molar-refractivity contribution in [2.45, 2.75) is 13.8 Å². The summed E-state index contributed by atoms with van der Waals surface area (Å²) < 4.78 is 0. The van der Waals surface area contributed by atoms with Crippen LogP contribution in [0.4, 0.5) is 0 Å². The van der Waals surface area contributed by atoms with Gasteiger partial charge in [0.15, 0.2) is 0 Å². The SMILES string of the molecule is CC#Cc1ccc(-c2ccc3c(ccc4ccc5ccc6cc(-c7ccc(C#CC)cc7)ccc6c5c43)c2)cc1. The lowest BCUT2D eigenvalue weighted by atomic mass is 9.91. The molecule has 0 fully saturated rings. The molecule has 0 nitrogen and oxygen atoms in total. The zero-order valence-corrected chi connectivity index (χ0v) is 22.5. The lowest BCUT2D eigenvalue weighted by Crippen LogP contribution is -1.86. The highest BCUT2D eigenvalue weighted by atomic mass is 14.1. The summed E-state index contributed by atoms with van der Waals surface area (Å²) in [4.78, 5) is 0. The van der Waals surface area contributed by atoms with E-state index in [1.54, 1.807) is 0 Å². The molecule has 7 rings (SSSR count). The fourth-order valence-electron chi connectivity index (χ4n) is 5.85. The lowest BCUT2D eigenvalue weighted by Gasteiger charge is -2.13. The minimum atomic E-state index is 1.04. The molecule has 0 heterocycles. The van der Waals surface area contributed by atoms with Crippen molar-refractivity contribution in [3.8, 4) is 45.9 Å². The summed E-state index contributed by atoms with van der Waals surface area (Å²) in [5.74, 6) is 12.2. The third kappa shape index (κ3) is 4.08. The van der Waals surface area contributed by atoms with E-state index in [2.05, 4.69) is 145 Å². The maximum atomic E-state index is 3.13. The summed E-state index contributed by atoms with van der Waals surface area (Å²) in [6, 6.07) is 44.2. The Hall–Kier alpha value is -5.30. The standard InChI is InChI=1S/C40H26/c1-3-5-27-7-11-29(12-8-27)33-21-23-37-35(25-33)19-17-31-15-16-32-18-20-36-26-34(22-24-38(36)40(32)39(31)37)30-13-9-28(6-4-2)10-14-30/h7-26H,1-2H3. The highest BCUT2D eigenvalue weighted by molar-refractivity contribution is 6.27. The molecule has 7 aromatic carbocycles. The highest BCUT2D eigenvalue weighted by Crippen LogP contribution is 2.38. The van der Waals surface area contributed by atoms with Crippen LogP contribution >= 0.6 is 0 Å². The summed E-state index contributed by atoms with van der Waals surface area (Å²) in [5, 5.41) is 10.2. The van der Waals surface area contributed by atoms with E-state index in [1.165, 1.54) is 65.3 Å². The van der Waals surface area contributed by atoms with Gasteiger partial charge in [0.05, 0.1) is 0 Å². The average Bonchev–Trinajstić information content (AvgIpc) is 3.01. The Morgan fingerprint density at radius 3 is 1.07 bits per heavy atom. The monoisotopic (exact) mass is 506 g/mol. The van der Waals surface area contributed by atoms with Gasteiger partial charge in [-0.25, -0.2) is 0 Å². The summed E-state index contributed by atoms with van der Waals surface area (Å²) in [6.07, 6.45) is 0. The van der Waals surface area contributed by atoms with Gasteiger partial charge in [-0.2, -0.15) is 0 Å². The van der Waals surface area contributed by atoms with Crippen molar-refractivity contribution >= 4 is 43.1 Å². The molecule has 0 saturated carbocycles. The van der Waals surface area contributed by atoms with Crippen LogP contribution in [0, 0.1) is 23.7 Å². The zero-order chi connectivity index (χ0) is 27.1. The summed E-state index contributed by atoms with van der Waals surface area (Å²) in [6.45, 7) is 3.74. The van der Waals surface area contributed by atoms with Gasteiger partial charge in [-0.15, -0.1) is 11.8 Å². The normalized spacial score (nSPS) is 10.8. The minimum absolute atomic E-state index is 1.04. The molecular formula is C40H26. The first kappa shape index (κ1) is 23.8. The van der Waals surface area contributed by atoms with Crippen LogP contribution in [0.25, 0.3) is 65.3 Å². The molecule has 40 heavy (non-hydrogen) atoms. The second-order valence-electron chi connectivity index (χ2n) is 10.2. The molecule has 0 amide bonds. The number of fused-ring (bicyclic) bond motifs is 7. The smallest absolute Gasteiger partial charge is 0.0245 e. The predicted octanol–water partition coefficient (Wildman–Crippen LogP) is 10.4. The van der Waals surface area contributed by atoms with Crippen LogP contribution in [-0.2, 0) is 0 Å².